The van der Waals surface area contributed by atoms with Gasteiger partial charge in [-0.2, -0.15) is 0 Å². The molecular weight excluding hydrogens is 264 g/mol. The van der Waals surface area contributed by atoms with Gasteiger partial charge < -0.3 is 14.6 Å². The number of aliphatic hydroxyl groups excluding tert-OH is 1. The maximum atomic E-state index is 10.5. The Bertz CT molecular complexity index is 366. The number of methoxy groups -OCH3 is 1. The van der Waals surface area contributed by atoms with Gasteiger partial charge in [0.1, 0.15) is 6.29 Å². The molecule has 106 valence electrons. The number of hydrogen-bond donors (Lipinski definition) is 1. The first-order valence-electron chi connectivity index (χ1n) is 6.12. The van der Waals surface area contributed by atoms with Crippen LogP contribution in [0.15, 0.2) is 29.2 Å². The standard InChI is InChI=1S/C14H20O4S/c1-11(8-17-2)18-9-13(16)10-19-14-5-3-12(7-15)4-6-14/h3-7,11,13,16H,8-10H2,1-2H3. The van der Waals surface area contributed by atoms with Crippen LogP contribution in [0.5, 0.6) is 0 Å². The molecule has 0 bridgehead atoms. The molecule has 0 saturated heterocycles. The summed E-state index contributed by atoms with van der Waals surface area (Å²) in [6, 6.07) is 7.27. The van der Waals surface area contributed by atoms with E-state index in [1.807, 2.05) is 19.1 Å². The molecule has 0 heterocycles. The van der Waals surface area contributed by atoms with Gasteiger partial charge in [-0.25, -0.2) is 0 Å². The molecule has 1 aromatic carbocycles. The van der Waals surface area contributed by atoms with Gasteiger partial charge in [-0.15, -0.1) is 11.8 Å². The van der Waals surface area contributed by atoms with Crippen LogP contribution < -0.4 is 0 Å². The van der Waals surface area contributed by atoms with E-state index in [1.54, 1.807) is 19.2 Å². The fourth-order valence-corrected chi connectivity index (χ4v) is 2.25. The minimum absolute atomic E-state index is 0.0171. The Labute approximate surface area is 118 Å². The highest BCUT2D eigenvalue weighted by Gasteiger charge is 2.08. The van der Waals surface area contributed by atoms with Gasteiger partial charge >= 0.3 is 0 Å². The van der Waals surface area contributed by atoms with E-state index in [0.29, 0.717) is 24.5 Å². The second-order valence-corrected chi connectivity index (χ2v) is 5.34. The molecule has 1 N–H and O–H groups in total. The molecule has 4 nitrogen and oxygen atoms in total. The van der Waals surface area contributed by atoms with Crippen LogP contribution in [0.3, 0.4) is 0 Å². The molecule has 1 rings (SSSR count). The van der Waals surface area contributed by atoms with Crippen molar-refractivity contribution in [3.05, 3.63) is 29.8 Å². The molecule has 5 heteroatoms. The number of rotatable bonds is 9. The molecule has 0 saturated carbocycles. The smallest absolute Gasteiger partial charge is 0.150 e. The highest BCUT2D eigenvalue weighted by atomic mass is 32.2. The van der Waals surface area contributed by atoms with Crippen molar-refractivity contribution in [2.75, 3.05) is 26.1 Å². The van der Waals surface area contributed by atoms with Crippen molar-refractivity contribution in [3.8, 4) is 0 Å². The van der Waals surface area contributed by atoms with E-state index in [9.17, 15) is 9.90 Å². The Morgan fingerprint density at radius 3 is 2.58 bits per heavy atom. The quantitative estimate of drug-likeness (QED) is 0.555. The summed E-state index contributed by atoms with van der Waals surface area (Å²) in [7, 11) is 1.62. The number of aliphatic hydroxyl groups is 1. The second kappa shape index (κ2) is 9.09. The molecule has 2 unspecified atom stereocenters. The Morgan fingerprint density at radius 1 is 1.32 bits per heavy atom. The lowest BCUT2D eigenvalue weighted by molar-refractivity contribution is -0.0257. The van der Waals surface area contributed by atoms with E-state index in [-0.39, 0.29) is 6.10 Å². The average Bonchev–Trinajstić information content (AvgIpc) is 2.44. The van der Waals surface area contributed by atoms with Gasteiger partial charge in [-0.1, -0.05) is 12.1 Å². The topological polar surface area (TPSA) is 55.8 Å². The molecule has 1 aromatic rings. The average molecular weight is 284 g/mol. The highest BCUT2D eigenvalue weighted by molar-refractivity contribution is 7.99. The largest absolute Gasteiger partial charge is 0.390 e. The molecule has 0 amide bonds. The van der Waals surface area contributed by atoms with E-state index in [4.69, 9.17) is 9.47 Å². The Hall–Kier alpha value is -0.880. The van der Waals surface area contributed by atoms with Crippen molar-refractivity contribution in [1.29, 1.82) is 0 Å². The monoisotopic (exact) mass is 284 g/mol. The van der Waals surface area contributed by atoms with Gasteiger partial charge in [-0.05, 0) is 19.1 Å². The molecule has 0 aliphatic heterocycles. The molecular formula is C14H20O4S. The van der Waals surface area contributed by atoms with Crippen LogP contribution in [0.4, 0.5) is 0 Å². The molecule has 0 aromatic heterocycles. The normalized spacial score (nSPS) is 14.1. The summed E-state index contributed by atoms with van der Waals surface area (Å²) in [4.78, 5) is 11.5. The van der Waals surface area contributed by atoms with Crippen molar-refractivity contribution >= 4 is 18.0 Å². The van der Waals surface area contributed by atoms with Crippen molar-refractivity contribution in [1.82, 2.24) is 0 Å². The molecule has 0 spiro atoms. The summed E-state index contributed by atoms with van der Waals surface area (Å²) >= 11 is 1.54. The molecule has 19 heavy (non-hydrogen) atoms. The Kier molecular flexibility index (Phi) is 7.74. The van der Waals surface area contributed by atoms with Gasteiger partial charge in [0.2, 0.25) is 0 Å². The third-order valence-electron chi connectivity index (χ3n) is 2.43. The molecule has 0 aliphatic carbocycles. The van der Waals surface area contributed by atoms with E-state index in [2.05, 4.69) is 0 Å². The van der Waals surface area contributed by atoms with Gasteiger partial charge in [0.05, 0.1) is 25.4 Å². The summed E-state index contributed by atoms with van der Waals surface area (Å²) in [5.74, 6) is 0.556. The first-order valence-corrected chi connectivity index (χ1v) is 7.11. The van der Waals surface area contributed by atoms with Crippen LogP contribution in [0, 0.1) is 0 Å². The number of thioether (sulfide) groups is 1. The summed E-state index contributed by atoms with van der Waals surface area (Å²) < 4.78 is 10.4. The maximum absolute atomic E-state index is 10.5. The van der Waals surface area contributed by atoms with Gasteiger partial charge in [0, 0.05) is 23.3 Å². The van der Waals surface area contributed by atoms with Gasteiger partial charge in [-0.3, -0.25) is 4.79 Å². The Balaban J connectivity index is 2.25. The lowest BCUT2D eigenvalue weighted by Crippen LogP contribution is -2.24. The van der Waals surface area contributed by atoms with Crippen molar-refractivity contribution < 1.29 is 19.4 Å². The highest BCUT2D eigenvalue weighted by Crippen LogP contribution is 2.19. The summed E-state index contributed by atoms with van der Waals surface area (Å²) in [6.07, 6.45) is 0.278. The molecule has 0 radical (unpaired) electrons. The van der Waals surface area contributed by atoms with Gasteiger partial charge in [0.15, 0.2) is 0 Å². The summed E-state index contributed by atoms with van der Waals surface area (Å²) in [6.45, 7) is 2.72. The number of carbonyl (C=O) groups excluding carboxylic acids is 1. The van der Waals surface area contributed by atoms with Crippen LogP contribution in [0.25, 0.3) is 0 Å². The van der Waals surface area contributed by atoms with Crippen LogP contribution in [-0.2, 0) is 9.47 Å². The number of hydrogen-bond acceptors (Lipinski definition) is 5. The van der Waals surface area contributed by atoms with Gasteiger partial charge in [0.25, 0.3) is 0 Å². The fraction of sp³-hybridized carbons (Fsp3) is 0.500. The fourth-order valence-electron chi connectivity index (χ4n) is 1.44. The first-order chi connectivity index (χ1) is 9.15. The third kappa shape index (κ3) is 6.73. The number of carbonyl (C=O) groups is 1. The zero-order valence-corrected chi connectivity index (χ0v) is 12.1. The Morgan fingerprint density at radius 2 is 2.00 bits per heavy atom. The minimum atomic E-state index is -0.518. The molecule has 0 fully saturated rings. The summed E-state index contributed by atoms with van der Waals surface area (Å²) in [5, 5.41) is 9.79. The maximum Gasteiger partial charge on any atom is 0.150 e. The predicted molar refractivity (Wildman–Crippen MR) is 75.9 cm³/mol. The molecule has 2 atom stereocenters. The number of benzene rings is 1. The lowest BCUT2D eigenvalue weighted by Gasteiger charge is -2.15. The van der Waals surface area contributed by atoms with Crippen LogP contribution in [-0.4, -0.2) is 49.7 Å². The minimum Gasteiger partial charge on any atom is -0.390 e. The van der Waals surface area contributed by atoms with E-state index in [0.717, 1.165) is 11.2 Å². The van der Waals surface area contributed by atoms with Crippen molar-refractivity contribution in [2.24, 2.45) is 0 Å². The molecule has 0 aliphatic rings. The van der Waals surface area contributed by atoms with Crippen LogP contribution in [0.1, 0.15) is 17.3 Å². The predicted octanol–water partition coefficient (Wildman–Crippen LogP) is 2.00. The van der Waals surface area contributed by atoms with E-state index in [1.165, 1.54) is 11.8 Å². The lowest BCUT2D eigenvalue weighted by atomic mass is 10.2. The van der Waals surface area contributed by atoms with E-state index < -0.39 is 6.10 Å². The zero-order valence-electron chi connectivity index (χ0n) is 11.2. The van der Waals surface area contributed by atoms with Crippen LogP contribution >= 0.6 is 11.8 Å². The number of ether oxygens (including phenoxy) is 2. The first kappa shape index (κ1) is 16.2. The number of aldehydes is 1. The summed E-state index contributed by atoms with van der Waals surface area (Å²) in [5.41, 5.74) is 0.654. The van der Waals surface area contributed by atoms with Crippen molar-refractivity contribution in [2.45, 2.75) is 24.0 Å². The third-order valence-corrected chi connectivity index (χ3v) is 3.59. The SMILES string of the molecule is COCC(C)OCC(O)CSc1ccc(C=O)cc1. The van der Waals surface area contributed by atoms with E-state index >= 15 is 0 Å². The zero-order chi connectivity index (χ0) is 14.1. The van der Waals surface area contributed by atoms with Crippen LogP contribution in [0.2, 0.25) is 0 Å². The van der Waals surface area contributed by atoms with Crippen molar-refractivity contribution in [3.63, 3.8) is 0 Å². The second-order valence-electron chi connectivity index (χ2n) is 4.25.